The van der Waals surface area contributed by atoms with Gasteiger partial charge in [0.15, 0.2) is 0 Å². The van der Waals surface area contributed by atoms with Crippen molar-refractivity contribution >= 4 is 0 Å². The van der Waals surface area contributed by atoms with Gasteiger partial charge in [-0.05, 0) is 39.2 Å². The van der Waals surface area contributed by atoms with Gasteiger partial charge in [-0.25, -0.2) is 0 Å². The Labute approximate surface area is 88.3 Å². The van der Waals surface area contributed by atoms with Gasteiger partial charge in [0.25, 0.3) is 0 Å². The molecule has 2 nitrogen and oxygen atoms in total. The molecule has 0 aromatic carbocycles. The van der Waals surface area contributed by atoms with Gasteiger partial charge in [-0.1, -0.05) is 19.8 Å². The summed E-state index contributed by atoms with van der Waals surface area (Å²) in [5.74, 6) is 0.881. The molecule has 0 spiro atoms. The summed E-state index contributed by atoms with van der Waals surface area (Å²) in [5.41, 5.74) is 0. The van der Waals surface area contributed by atoms with Gasteiger partial charge in [-0.3, -0.25) is 0 Å². The fourth-order valence-corrected chi connectivity index (χ4v) is 2.40. The van der Waals surface area contributed by atoms with Crippen LogP contribution in [0.2, 0.25) is 0 Å². The predicted octanol–water partition coefficient (Wildman–Crippen LogP) is 2.27. The second-order valence-corrected chi connectivity index (χ2v) is 4.81. The SMILES string of the molecule is CCC(O)C(C)N(C)CC1CCCC1. The molecule has 0 aromatic rings. The molecule has 0 heterocycles. The van der Waals surface area contributed by atoms with Crippen molar-refractivity contribution in [3.8, 4) is 0 Å². The summed E-state index contributed by atoms with van der Waals surface area (Å²) in [6.07, 6.45) is 6.28. The van der Waals surface area contributed by atoms with Gasteiger partial charge in [-0.15, -0.1) is 0 Å². The van der Waals surface area contributed by atoms with Crippen molar-refractivity contribution < 1.29 is 5.11 Å². The second kappa shape index (κ2) is 5.72. The summed E-state index contributed by atoms with van der Waals surface area (Å²) in [4.78, 5) is 2.32. The fraction of sp³-hybridized carbons (Fsp3) is 1.00. The lowest BCUT2D eigenvalue weighted by molar-refractivity contribution is 0.0625. The largest absolute Gasteiger partial charge is 0.392 e. The van der Waals surface area contributed by atoms with Gasteiger partial charge in [-0.2, -0.15) is 0 Å². The molecular weight excluding hydrogens is 174 g/mol. The van der Waals surface area contributed by atoms with Gasteiger partial charge in [0.1, 0.15) is 0 Å². The molecular formula is C12H25NO. The summed E-state index contributed by atoms with van der Waals surface area (Å²) < 4.78 is 0. The molecule has 1 aliphatic carbocycles. The van der Waals surface area contributed by atoms with E-state index in [1.54, 1.807) is 0 Å². The Morgan fingerprint density at radius 3 is 2.43 bits per heavy atom. The molecule has 0 aromatic heterocycles. The lowest BCUT2D eigenvalue weighted by atomic mass is 10.0. The van der Waals surface area contributed by atoms with Crippen LogP contribution in [0.3, 0.4) is 0 Å². The van der Waals surface area contributed by atoms with E-state index in [2.05, 4.69) is 18.9 Å². The first-order valence-electron chi connectivity index (χ1n) is 6.03. The first kappa shape index (κ1) is 12.0. The van der Waals surface area contributed by atoms with E-state index in [4.69, 9.17) is 0 Å². The third kappa shape index (κ3) is 3.25. The third-order valence-corrected chi connectivity index (χ3v) is 3.69. The Kier molecular flexibility index (Phi) is 4.90. The van der Waals surface area contributed by atoms with Crippen LogP contribution in [0.15, 0.2) is 0 Å². The lowest BCUT2D eigenvalue weighted by Crippen LogP contribution is -2.40. The quantitative estimate of drug-likeness (QED) is 0.734. The Morgan fingerprint density at radius 1 is 1.36 bits per heavy atom. The average molecular weight is 199 g/mol. The van der Waals surface area contributed by atoms with E-state index in [0.717, 1.165) is 18.9 Å². The van der Waals surface area contributed by atoms with Crippen LogP contribution < -0.4 is 0 Å². The Morgan fingerprint density at radius 2 is 1.93 bits per heavy atom. The molecule has 84 valence electrons. The highest BCUT2D eigenvalue weighted by atomic mass is 16.3. The number of aliphatic hydroxyl groups excluding tert-OH is 1. The molecule has 1 saturated carbocycles. The van der Waals surface area contributed by atoms with E-state index in [-0.39, 0.29) is 6.10 Å². The standard InChI is InChI=1S/C12H25NO/c1-4-12(14)10(2)13(3)9-11-7-5-6-8-11/h10-12,14H,4-9H2,1-3H3. The zero-order valence-corrected chi connectivity index (χ0v) is 9.87. The molecule has 0 bridgehead atoms. The zero-order valence-electron chi connectivity index (χ0n) is 9.87. The van der Waals surface area contributed by atoms with E-state index in [1.165, 1.54) is 25.7 Å². The monoisotopic (exact) mass is 199 g/mol. The molecule has 1 aliphatic rings. The minimum absolute atomic E-state index is 0.165. The highest BCUT2D eigenvalue weighted by molar-refractivity contribution is 4.76. The molecule has 0 radical (unpaired) electrons. The number of nitrogens with zero attached hydrogens (tertiary/aromatic N) is 1. The summed E-state index contributed by atoms with van der Waals surface area (Å²) in [5, 5.41) is 9.73. The van der Waals surface area contributed by atoms with Crippen LogP contribution in [0.25, 0.3) is 0 Å². The minimum Gasteiger partial charge on any atom is -0.392 e. The topological polar surface area (TPSA) is 23.5 Å². The van der Waals surface area contributed by atoms with E-state index >= 15 is 0 Å². The average Bonchev–Trinajstić information content (AvgIpc) is 2.68. The van der Waals surface area contributed by atoms with Crippen LogP contribution in [0.4, 0.5) is 0 Å². The minimum atomic E-state index is -0.165. The van der Waals surface area contributed by atoms with Crippen LogP contribution in [0.1, 0.15) is 46.0 Å². The molecule has 1 rings (SSSR count). The smallest absolute Gasteiger partial charge is 0.0690 e. The maximum absolute atomic E-state index is 9.73. The molecule has 2 atom stereocenters. The van der Waals surface area contributed by atoms with E-state index in [0.29, 0.717) is 6.04 Å². The highest BCUT2D eigenvalue weighted by Gasteiger charge is 2.22. The molecule has 0 aliphatic heterocycles. The molecule has 0 amide bonds. The van der Waals surface area contributed by atoms with Crippen molar-refractivity contribution in [2.24, 2.45) is 5.92 Å². The summed E-state index contributed by atoms with van der Waals surface area (Å²) in [7, 11) is 2.14. The van der Waals surface area contributed by atoms with Crippen molar-refractivity contribution in [2.75, 3.05) is 13.6 Å². The lowest BCUT2D eigenvalue weighted by Gasteiger charge is -2.30. The van der Waals surface area contributed by atoms with Gasteiger partial charge in [0, 0.05) is 12.6 Å². The molecule has 2 heteroatoms. The number of likely N-dealkylation sites (N-methyl/N-ethyl adjacent to an activating group) is 1. The van der Waals surface area contributed by atoms with Gasteiger partial charge in [0.05, 0.1) is 6.10 Å². The third-order valence-electron chi connectivity index (χ3n) is 3.69. The number of aliphatic hydroxyl groups is 1. The maximum atomic E-state index is 9.73. The normalized spacial score (nSPS) is 22.9. The molecule has 14 heavy (non-hydrogen) atoms. The van der Waals surface area contributed by atoms with Crippen molar-refractivity contribution in [3.05, 3.63) is 0 Å². The molecule has 1 fully saturated rings. The second-order valence-electron chi connectivity index (χ2n) is 4.81. The summed E-state index contributed by atoms with van der Waals surface area (Å²) >= 11 is 0. The fourth-order valence-electron chi connectivity index (χ4n) is 2.40. The van der Waals surface area contributed by atoms with Crippen LogP contribution in [0.5, 0.6) is 0 Å². The van der Waals surface area contributed by atoms with Gasteiger partial charge >= 0.3 is 0 Å². The highest BCUT2D eigenvalue weighted by Crippen LogP contribution is 2.25. The predicted molar refractivity (Wildman–Crippen MR) is 60.3 cm³/mol. The van der Waals surface area contributed by atoms with Crippen molar-refractivity contribution in [3.63, 3.8) is 0 Å². The van der Waals surface area contributed by atoms with Crippen molar-refractivity contribution in [1.82, 2.24) is 4.90 Å². The van der Waals surface area contributed by atoms with Crippen molar-refractivity contribution in [2.45, 2.75) is 58.1 Å². The van der Waals surface area contributed by atoms with E-state index < -0.39 is 0 Å². The van der Waals surface area contributed by atoms with Gasteiger partial charge < -0.3 is 10.0 Å². The van der Waals surface area contributed by atoms with Crippen molar-refractivity contribution in [1.29, 1.82) is 0 Å². The molecule has 0 saturated heterocycles. The Balaban J connectivity index is 2.28. The summed E-state index contributed by atoms with van der Waals surface area (Å²) in [6, 6.07) is 0.306. The number of hydrogen-bond acceptors (Lipinski definition) is 2. The van der Waals surface area contributed by atoms with E-state index in [9.17, 15) is 5.11 Å². The first-order chi connectivity index (χ1) is 6.65. The molecule has 1 N–H and O–H groups in total. The maximum Gasteiger partial charge on any atom is 0.0690 e. The zero-order chi connectivity index (χ0) is 10.6. The van der Waals surface area contributed by atoms with Crippen LogP contribution >= 0.6 is 0 Å². The first-order valence-corrected chi connectivity index (χ1v) is 6.03. The van der Waals surface area contributed by atoms with Gasteiger partial charge in [0.2, 0.25) is 0 Å². The Bertz CT molecular complexity index is 154. The molecule has 2 unspecified atom stereocenters. The Hall–Kier alpha value is -0.0800. The van der Waals surface area contributed by atoms with E-state index in [1.807, 2.05) is 6.92 Å². The van der Waals surface area contributed by atoms with Crippen LogP contribution in [0, 0.1) is 5.92 Å². The van der Waals surface area contributed by atoms with Crippen LogP contribution in [-0.2, 0) is 0 Å². The number of hydrogen-bond donors (Lipinski definition) is 1. The van der Waals surface area contributed by atoms with Crippen LogP contribution in [-0.4, -0.2) is 35.7 Å². The number of rotatable bonds is 5. The summed E-state index contributed by atoms with van der Waals surface area (Å²) in [6.45, 7) is 5.34.